The molecule has 2 N–H and O–H groups in total. The van der Waals surface area contributed by atoms with Crippen molar-refractivity contribution in [2.75, 3.05) is 26.3 Å². The van der Waals surface area contributed by atoms with E-state index in [2.05, 4.69) is 0 Å². The molecule has 2 aromatic carbocycles. The van der Waals surface area contributed by atoms with Gasteiger partial charge in [-0.15, -0.1) is 0 Å². The minimum Gasteiger partial charge on any atom is -0.395 e. The molecule has 2 aromatic rings. The summed E-state index contributed by atoms with van der Waals surface area (Å²) in [6.07, 6.45) is 0. The van der Waals surface area contributed by atoms with Crippen molar-refractivity contribution >= 4 is 17.5 Å². The minimum atomic E-state index is -0.602. The second-order valence-corrected chi connectivity index (χ2v) is 6.72. The lowest BCUT2D eigenvalue weighted by molar-refractivity contribution is -0.143. The molecule has 1 unspecified atom stereocenters. The van der Waals surface area contributed by atoms with Gasteiger partial charge in [0.25, 0.3) is 0 Å². The maximum Gasteiger partial charge on any atom is 0.232 e. The normalized spacial score (nSPS) is 17.2. The van der Waals surface area contributed by atoms with Crippen LogP contribution in [0.25, 0.3) is 0 Å². The zero-order valence-corrected chi connectivity index (χ0v) is 14.0. The Kier molecular flexibility index (Phi) is 4.90. The topological polar surface area (TPSA) is 60.8 Å². The van der Waals surface area contributed by atoms with Crippen molar-refractivity contribution in [2.45, 2.75) is 11.3 Å². The quantitative estimate of drug-likeness (QED) is 0.873. The Morgan fingerprint density at radius 1 is 1.08 bits per heavy atom. The number of aliphatic hydroxyl groups excluding tert-OH is 2. The third-order valence-corrected chi connectivity index (χ3v) is 4.99. The van der Waals surface area contributed by atoms with Crippen LogP contribution >= 0.6 is 11.6 Å². The van der Waals surface area contributed by atoms with Crippen LogP contribution in [0.5, 0.6) is 0 Å². The van der Waals surface area contributed by atoms with Gasteiger partial charge in [-0.1, -0.05) is 54.1 Å². The second kappa shape index (κ2) is 6.93. The predicted molar refractivity (Wildman–Crippen MR) is 93.1 cm³/mol. The number of amides is 1. The number of hydrogen-bond donors (Lipinski definition) is 2. The van der Waals surface area contributed by atoms with Gasteiger partial charge in [-0.25, -0.2) is 0 Å². The van der Waals surface area contributed by atoms with E-state index in [0.29, 0.717) is 18.1 Å². The first kappa shape index (κ1) is 17.0. The summed E-state index contributed by atoms with van der Waals surface area (Å²) in [4.78, 5) is 14.4. The Hall–Kier alpha value is -1.88. The summed E-state index contributed by atoms with van der Waals surface area (Å²) >= 11 is 5.88. The van der Waals surface area contributed by atoms with Crippen molar-refractivity contribution in [3.63, 3.8) is 0 Å². The number of rotatable bonds is 5. The molecule has 0 aliphatic carbocycles. The Morgan fingerprint density at radius 3 is 2.25 bits per heavy atom. The first-order valence-electron chi connectivity index (χ1n) is 7.91. The van der Waals surface area contributed by atoms with E-state index in [9.17, 15) is 15.0 Å². The molecule has 1 saturated heterocycles. The average Bonchev–Trinajstić information content (AvgIpc) is 2.58. The number of likely N-dealkylation sites (tertiary alicyclic amines) is 1. The third-order valence-electron chi connectivity index (χ3n) is 4.74. The number of halogens is 1. The molecule has 1 aliphatic heterocycles. The van der Waals surface area contributed by atoms with Gasteiger partial charge in [0.1, 0.15) is 0 Å². The number of benzene rings is 2. The standard InChI is InChI=1S/C19H20ClNO3/c20-16-8-6-14(7-9-16)17(10-22)18(24)21-11-19(12-21,13-23)15-4-2-1-3-5-15/h1-9,17,22-23H,10-13H2. The fourth-order valence-electron chi connectivity index (χ4n) is 3.25. The smallest absolute Gasteiger partial charge is 0.232 e. The number of aliphatic hydroxyl groups is 2. The highest BCUT2D eigenvalue weighted by molar-refractivity contribution is 6.30. The van der Waals surface area contributed by atoms with Crippen LogP contribution in [0.3, 0.4) is 0 Å². The molecule has 1 fully saturated rings. The Balaban J connectivity index is 1.74. The summed E-state index contributed by atoms with van der Waals surface area (Å²) in [5.41, 5.74) is 1.37. The average molecular weight is 346 g/mol. The van der Waals surface area contributed by atoms with Gasteiger partial charge in [0.2, 0.25) is 5.91 Å². The molecule has 0 radical (unpaired) electrons. The highest BCUT2D eigenvalue weighted by atomic mass is 35.5. The van der Waals surface area contributed by atoms with Crippen LogP contribution < -0.4 is 0 Å². The van der Waals surface area contributed by atoms with Gasteiger partial charge in [-0.05, 0) is 23.3 Å². The van der Waals surface area contributed by atoms with Gasteiger partial charge >= 0.3 is 0 Å². The van der Waals surface area contributed by atoms with Gasteiger partial charge < -0.3 is 15.1 Å². The highest BCUT2D eigenvalue weighted by Crippen LogP contribution is 2.36. The van der Waals surface area contributed by atoms with Gasteiger partial charge in [-0.2, -0.15) is 0 Å². The largest absolute Gasteiger partial charge is 0.395 e. The molecule has 0 spiro atoms. The van der Waals surface area contributed by atoms with Crippen LogP contribution in [0, 0.1) is 0 Å². The van der Waals surface area contributed by atoms with Crippen LogP contribution in [0.1, 0.15) is 17.0 Å². The van der Waals surface area contributed by atoms with E-state index in [1.54, 1.807) is 29.2 Å². The molecule has 3 rings (SSSR count). The SMILES string of the molecule is O=C(C(CO)c1ccc(Cl)cc1)N1CC(CO)(c2ccccc2)C1. The maximum atomic E-state index is 12.7. The van der Waals surface area contributed by atoms with E-state index in [4.69, 9.17) is 11.6 Å². The summed E-state index contributed by atoms with van der Waals surface area (Å²) in [5, 5.41) is 20.1. The summed E-state index contributed by atoms with van der Waals surface area (Å²) < 4.78 is 0. The van der Waals surface area contributed by atoms with Crippen molar-refractivity contribution in [2.24, 2.45) is 0 Å². The molecule has 0 saturated carbocycles. The molecule has 24 heavy (non-hydrogen) atoms. The summed E-state index contributed by atoms with van der Waals surface area (Å²) in [5.74, 6) is -0.727. The number of nitrogens with zero attached hydrogens (tertiary/aromatic N) is 1. The van der Waals surface area contributed by atoms with Gasteiger partial charge in [0.15, 0.2) is 0 Å². The van der Waals surface area contributed by atoms with Crippen LogP contribution in [0.15, 0.2) is 54.6 Å². The van der Waals surface area contributed by atoms with Gasteiger partial charge in [-0.3, -0.25) is 4.79 Å². The first-order chi connectivity index (χ1) is 11.6. The molecule has 1 heterocycles. The fourth-order valence-corrected chi connectivity index (χ4v) is 3.37. The minimum absolute atomic E-state index is 0.00840. The molecular formula is C19H20ClNO3. The van der Waals surface area contributed by atoms with E-state index in [-0.39, 0.29) is 19.1 Å². The van der Waals surface area contributed by atoms with Crippen molar-refractivity contribution < 1.29 is 15.0 Å². The van der Waals surface area contributed by atoms with E-state index < -0.39 is 11.3 Å². The summed E-state index contributed by atoms with van der Waals surface area (Å²) in [6, 6.07) is 16.7. The summed E-state index contributed by atoms with van der Waals surface area (Å²) in [6.45, 7) is 0.646. The fraction of sp³-hybridized carbons (Fsp3) is 0.316. The van der Waals surface area contributed by atoms with Crippen LogP contribution in [0.4, 0.5) is 0 Å². The van der Waals surface area contributed by atoms with E-state index in [0.717, 1.165) is 11.1 Å². The first-order valence-corrected chi connectivity index (χ1v) is 8.29. The predicted octanol–water partition coefficient (Wildman–Crippen LogP) is 2.19. The van der Waals surface area contributed by atoms with E-state index >= 15 is 0 Å². The lowest BCUT2D eigenvalue weighted by Gasteiger charge is -2.50. The lowest BCUT2D eigenvalue weighted by Crippen LogP contribution is -2.64. The molecule has 126 valence electrons. The van der Waals surface area contributed by atoms with Gasteiger partial charge in [0.05, 0.1) is 24.5 Å². The molecule has 4 nitrogen and oxygen atoms in total. The molecule has 1 aliphatic rings. The molecule has 0 aromatic heterocycles. The molecule has 1 amide bonds. The molecule has 0 bridgehead atoms. The van der Waals surface area contributed by atoms with Crippen LogP contribution in [-0.2, 0) is 10.2 Å². The maximum absolute atomic E-state index is 12.7. The zero-order valence-electron chi connectivity index (χ0n) is 13.2. The molecular weight excluding hydrogens is 326 g/mol. The van der Waals surface area contributed by atoms with E-state index in [1.165, 1.54) is 0 Å². The number of hydrogen-bond acceptors (Lipinski definition) is 3. The van der Waals surface area contributed by atoms with Crippen molar-refractivity contribution in [1.82, 2.24) is 4.90 Å². The Labute approximate surface area is 146 Å². The third kappa shape index (κ3) is 3.05. The van der Waals surface area contributed by atoms with Crippen LogP contribution in [-0.4, -0.2) is 47.3 Å². The van der Waals surface area contributed by atoms with Crippen molar-refractivity contribution in [3.8, 4) is 0 Å². The van der Waals surface area contributed by atoms with Crippen molar-refractivity contribution in [1.29, 1.82) is 0 Å². The van der Waals surface area contributed by atoms with E-state index in [1.807, 2.05) is 30.3 Å². The Morgan fingerprint density at radius 2 is 1.71 bits per heavy atom. The monoisotopic (exact) mass is 345 g/mol. The van der Waals surface area contributed by atoms with Crippen molar-refractivity contribution in [3.05, 3.63) is 70.7 Å². The van der Waals surface area contributed by atoms with Gasteiger partial charge in [0, 0.05) is 18.1 Å². The Bertz CT molecular complexity index is 696. The molecule has 5 heteroatoms. The number of carbonyl (C=O) groups excluding carboxylic acids is 1. The lowest BCUT2D eigenvalue weighted by atomic mass is 9.73. The highest BCUT2D eigenvalue weighted by Gasteiger charge is 2.47. The second-order valence-electron chi connectivity index (χ2n) is 6.29. The van der Waals surface area contributed by atoms with Crippen LogP contribution in [0.2, 0.25) is 5.02 Å². The number of carbonyl (C=O) groups is 1. The molecule has 1 atom stereocenters. The summed E-state index contributed by atoms with van der Waals surface area (Å²) in [7, 11) is 0. The zero-order chi connectivity index (χ0) is 17.2.